The molecular formula is C10H7BrIN3O. The van der Waals surface area contributed by atoms with Crippen LogP contribution in [0.5, 0.6) is 0 Å². The standard InChI is InChI=1S/C10H7BrIN3O/c11-6-3-1-2-4-7(6)15-9-8(12)10(16)14-5-13-9/h1-5H,(H2,13,14,15,16). The smallest absolute Gasteiger partial charge is 0.266 e. The molecule has 16 heavy (non-hydrogen) atoms. The van der Waals surface area contributed by atoms with Crippen molar-refractivity contribution >= 4 is 50.0 Å². The van der Waals surface area contributed by atoms with Crippen LogP contribution in [0.1, 0.15) is 0 Å². The Kier molecular flexibility index (Phi) is 3.59. The number of anilines is 2. The van der Waals surface area contributed by atoms with Gasteiger partial charge in [-0.2, -0.15) is 0 Å². The first-order valence-electron chi connectivity index (χ1n) is 4.43. The minimum atomic E-state index is -0.148. The molecule has 0 aliphatic carbocycles. The van der Waals surface area contributed by atoms with Gasteiger partial charge in [0.15, 0.2) is 5.82 Å². The maximum Gasteiger partial charge on any atom is 0.266 e. The second-order valence-corrected chi connectivity index (χ2v) is 4.93. The van der Waals surface area contributed by atoms with Crippen molar-refractivity contribution in [1.29, 1.82) is 0 Å². The fourth-order valence-electron chi connectivity index (χ4n) is 1.16. The number of aromatic nitrogens is 2. The highest BCUT2D eigenvalue weighted by molar-refractivity contribution is 14.1. The molecule has 0 unspecified atom stereocenters. The molecule has 0 amide bonds. The molecule has 6 heteroatoms. The van der Waals surface area contributed by atoms with Crippen LogP contribution in [0.2, 0.25) is 0 Å². The van der Waals surface area contributed by atoms with E-state index in [9.17, 15) is 4.79 Å². The molecule has 1 aromatic carbocycles. The van der Waals surface area contributed by atoms with Crippen molar-refractivity contribution in [3.05, 3.63) is 49.0 Å². The summed E-state index contributed by atoms with van der Waals surface area (Å²) in [6.07, 6.45) is 1.38. The summed E-state index contributed by atoms with van der Waals surface area (Å²) in [5, 5.41) is 3.10. The van der Waals surface area contributed by atoms with Crippen molar-refractivity contribution in [2.24, 2.45) is 0 Å². The quantitative estimate of drug-likeness (QED) is 0.774. The molecule has 82 valence electrons. The van der Waals surface area contributed by atoms with Crippen LogP contribution in [0.3, 0.4) is 0 Å². The number of hydrogen-bond donors (Lipinski definition) is 2. The van der Waals surface area contributed by atoms with E-state index >= 15 is 0 Å². The number of nitrogens with zero attached hydrogens (tertiary/aromatic N) is 1. The Morgan fingerprint density at radius 2 is 2.12 bits per heavy atom. The fraction of sp³-hybridized carbons (Fsp3) is 0. The van der Waals surface area contributed by atoms with Gasteiger partial charge >= 0.3 is 0 Å². The van der Waals surface area contributed by atoms with E-state index in [1.54, 1.807) is 0 Å². The van der Waals surface area contributed by atoms with E-state index in [0.717, 1.165) is 10.2 Å². The third-order valence-electron chi connectivity index (χ3n) is 1.92. The lowest BCUT2D eigenvalue weighted by molar-refractivity contribution is 1.10. The van der Waals surface area contributed by atoms with E-state index in [1.807, 2.05) is 46.9 Å². The molecule has 0 aliphatic heterocycles. The maximum atomic E-state index is 11.4. The van der Waals surface area contributed by atoms with Gasteiger partial charge in [0.25, 0.3) is 5.56 Å². The van der Waals surface area contributed by atoms with E-state index in [0.29, 0.717) is 9.39 Å². The van der Waals surface area contributed by atoms with Crippen molar-refractivity contribution in [2.75, 3.05) is 5.32 Å². The van der Waals surface area contributed by atoms with E-state index in [1.165, 1.54) is 6.33 Å². The number of hydrogen-bond acceptors (Lipinski definition) is 3. The molecule has 0 atom stereocenters. The van der Waals surface area contributed by atoms with Gasteiger partial charge in [-0.15, -0.1) is 0 Å². The van der Waals surface area contributed by atoms with Gasteiger partial charge in [0, 0.05) is 4.47 Å². The third kappa shape index (κ3) is 2.43. The van der Waals surface area contributed by atoms with E-state index in [2.05, 4.69) is 31.2 Å². The summed E-state index contributed by atoms with van der Waals surface area (Å²) in [4.78, 5) is 18.0. The molecule has 0 saturated heterocycles. The lowest BCUT2D eigenvalue weighted by Gasteiger charge is -2.07. The Morgan fingerprint density at radius 3 is 2.88 bits per heavy atom. The fourth-order valence-corrected chi connectivity index (χ4v) is 1.97. The van der Waals surface area contributed by atoms with Gasteiger partial charge in [-0.05, 0) is 50.7 Å². The van der Waals surface area contributed by atoms with Gasteiger partial charge in [-0.25, -0.2) is 4.98 Å². The summed E-state index contributed by atoms with van der Waals surface area (Å²) in [6, 6.07) is 7.66. The highest BCUT2D eigenvalue weighted by Crippen LogP contribution is 2.25. The molecule has 0 bridgehead atoms. The van der Waals surface area contributed by atoms with Gasteiger partial charge in [-0.1, -0.05) is 12.1 Å². The lowest BCUT2D eigenvalue weighted by atomic mass is 10.3. The van der Waals surface area contributed by atoms with E-state index < -0.39 is 0 Å². The number of aromatic amines is 1. The van der Waals surface area contributed by atoms with Crippen LogP contribution < -0.4 is 10.9 Å². The summed E-state index contributed by atoms with van der Waals surface area (Å²) in [7, 11) is 0. The number of para-hydroxylation sites is 1. The van der Waals surface area contributed by atoms with Crippen LogP contribution in [-0.4, -0.2) is 9.97 Å². The minimum absolute atomic E-state index is 0.148. The number of nitrogens with one attached hydrogen (secondary N) is 2. The number of rotatable bonds is 2. The highest BCUT2D eigenvalue weighted by Gasteiger charge is 2.06. The number of halogens is 2. The molecule has 2 aromatic rings. The average Bonchev–Trinajstić information content (AvgIpc) is 2.28. The normalized spacial score (nSPS) is 10.1. The van der Waals surface area contributed by atoms with E-state index in [4.69, 9.17) is 0 Å². The molecule has 0 saturated carbocycles. The van der Waals surface area contributed by atoms with Gasteiger partial charge in [-0.3, -0.25) is 4.79 Å². The summed E-state index contributed by atoms with van der Waals surface area (Å²) in [6.45, 7) is 0. The van der Waals surface area contributed by atoms with Crippen LogP contribution in [-0.2, 0) is 0 Å². The van der Waals surface area contributed by atoms with E-state index in [-0.39, 0.29) is 5.56 Å². The Balaban J connectivity index is 2.38. The first kappa shape index (κ1) is 11.6. The zero-order valence-electron chi connectivity index (χ0n) is 8.00. The largest absolute Gasteiger partial charge is 0.338 e. The van der Waals surface area contributed by atoms with Crippen molar-refractivity contribution < 1.29 is 0 Å². The Hall–Kier alpha value is -0.890. The first-order valence-corrected chi connectivity index (χ1v) is 6.30. The number of benzene rings is 1. The molecule has 0 aliphatic rings. The maximum absolute atomic E-state index is 11.4. The molecule has 4 nitrogen and oxygen atoms in total. The molecule has 2 N–H and O–H groups in total. The monoisotopic (exact) mass is 391 g/mol. The SMILES string of the molecule is O=c1[nH]cnc(Nc2ccccc2Br)c1I. The highest BCUT2D eigenvalue weighted by atomic mass is 127. The second-order valence-electron chi connectivity index (χ2n) is 3.00. The average molecular weight is 392 g/mol. The molecule has 0 spiro atoms. The predicted octanol–water partition coefficient (Wildman–Crippen LogP) is 2.88. The predicted molar refractivity (Wildman–Crippen MR) is 75.0 cm³/mol. The Morgan fingerprint density at radius 1 is 1.38 bits per heavy atom. The van der Waals surface area contributed by atoms with Crippen LogP contribution in [0.15, 0.2) is 39.9 Å². The molecule has 1 aromatic heterocycles. The summed E-state index contributed by atoms with van der Waals surface area (Å²) >= 11 is 5.38. The van der Waals surface area contributed by atoms with Gasteiger partial charge in [0.2, 0.25) is 0 Å². The third-order valence-corrected chi connectivity index (χ3v) is 3.62. The Labute approximate surface area is 114 Å². The van der Waals surface area contributed by atoms with Gasteiger partial charge in [0.1, 0.15) is 3.57 Å². The molecule has 1 heterocycles. The van der Waals surface area contributed by atoms with Crippen molar-refractivity contribution in [3.8, 4) is 0 Å². The van der Waals surface area contributed by atoms with Crippen LogP contribution >= 0.6 is 38.5 Å². The molecule has 0 radical (unpaired) electrons. The first-order chi connectivity index (χ1) is 7.68. The molecular weight excluding hydrogens is 385 g/mol. The zero-order chi connectivity index (χ0) is 11.5. The molecule has 0 fully saturated rings. The van der Waals surface area contributed by atoms with Crippen LogP contribution in [0.4, 0.5) is 11.5 Å². The topological polar surface area (TPSA) is 57.8 Å². The van der Waals surface area contributed by atoms with Crippen molar-refractivity contribution in [1.82, 2.24) is 9.97 Å². The second kappa shape index (κ2) is 4.96. The summed E-state index contributed by atoms with van der Waals surface area (Å²) in [5.74, 6) is 0.552. The lowest BCUT2D eigenvalue weighted by Crippen LogP contribution is -2.12. The van der Waals surface area contributed by atoms with Crippen molar-refractivity contribution in [3.63, 3.8) is 0 Å². The zero-order valence-corrected chi connectivity index (χ0v) is 11.7. The molecule has 2 rings (SSSR count). The van der Waals surface area contributed by atoms with Crippen LogP contribution in [0.25, 0.3) is 0 Å². The van der Waals surface area contributed by atoms with Crippen molar-refractivity contribution in [2.45, 2.75) is 0 Å². The summed E-state index contributed by atoms with van der Waals surface area (Å²) < 4.78 is 1.46. The number of H-pyrrole nitrogens is 1. The van der Waals surface area contributed by atoms with Gasteiger partial charge in [0.05, 0.1) is 12.0 Å². The minimum Gasteiger partial charge on any atom is -0.338 e. The Bertz CT molecular complexity index is 570. The van der Waals surface area contributed by atoms with Crippen LogP contribution in [0, 0.1) is 3.57 Å². The van der Waals surface area contributed by atoms with Gasteiger partial charge < -0.3 is 10.3 Å². The summed E-state index contributed by atoms with van der Waals surface area (Å²) in [5.41, 5.74) is 0.726.